The Balaban J connectivity index is 1.66. The van der Waals surface area contributed by atoms with Crippen molar-refractivity contribution in [3.63, 3.8) is 0 Å². The summed E-state index contributed by atoms with van der Waals surface area (Å²) in [6.45, 7) is 0. The highest BCUT2D eigenvalue weighted by Gasteiger charge is 2.13. The summed E-state index contributed by atoms with van der Waals surface area (Å²) in [5.74, 6) is 0.754. The summed E-state index contributed by atoms with van der Waals surface area (Å²) in [5, 5.41) is 4.15. The number of furan rings is 1. The number of halogens is 1. The molecule has 8 heteroatoms. The molecule has 0 saturated heterocycles. The monoisotopic (exact) mass is 412 g/mol. The molecule has 0 aliphatic rings. The standard InChI is InChI=1S/C21H17ClN2O5/c1-27-15-6-3-13(4-7-15)20(25)24-23-12-16-8-10-19(29-16)14-5-9-17(18(22)11-14)21(26)28-2/h3-12H,1-2H3,(H,24,25)/b23-12+. The lowest BCUT2D eigenvalue weighted by molar-refractivity contribution is 0.0600. The Morgan fingerprint density at radius 1 is 1.07 bits per heavy atom. The average molecular weight is 413 g/mol. The maximum atomic E-state index is 12.1. The van der Waals surface area contributed by atoms with Gasteiger partial charge in [0, 0.05) is 11.1 Å². The summed E-state index contributed by atoms with van der Waals surface area (Å²) in [5.41, 5.74) is 3.83. The molecule has 3 rings (SSSR count). The Bertz CT molecular complexity index is 1060. The molecule has 0 unspecified atom stereocenters. The van der Waals surface area contributed by atoms with Crippen molar-refractivity contribution in [1.29, 1.82) is 0 Å². The number of carbonyl (C=O) groups excluding carboxylic acids is 2. The third-order valence-corrected chi connectivity index (χ3v) is 4.31. The molecule has 0 bridgehead atoms. The van der Waals surface area contributed by atoms with Crippen LogP contribution in [0.4, 0.5) is 0 Å². The summed E-state index contributed by atoms with van der Waals surface area (Å²) >= 11 is 6.13. The number of nitrogens with one attached hydrogen (secondary N) is 1. The molecule has 1 amide bonds. The van der Waals surface area contributed by atoms with Crippen molar-refractivity contribution >= 4 is 29.7 Å². The minimum Gasteiger partial charge on any atom is -0.497 e. The first-order chi connectivity index (χ1) is 14.0. The van der Waals surface area contributed by atoms with E-state index in [0.717, 1.165) is 0 Å². The second kappa shape index (κ2) is 9.07. The number of nitrogens with zero attached hydrogens (tertiary/aromatic N) is 1. The van der Waals surface area contributed by atoms with Gasteiger partial charge < -0.3 is 13.9 Å². The largest absolute Gasteiger partial charge is 0.497 e. The SMILES string of the molecule is COC(=O)c1ccc(-c2ccc(/C=N/NC(=O)c3ccc(OC)cc3)o2)cc1Cl. The zero-order valence-electron chi connectivity index (χ0n) is 15.6. The molecule has 148 valence electrons. The zero-order chi connectivity index (χ0) is 20.8. The molecule has 3 aromatic rings. The molecule has 7 nitrogen and oxygen atoms in total. The van der Waals surface area contributed by atoms with Crippen molar-refractivity contribution in [2.75, 3.05) is 14.2 Å². The van der Waals surface area contributed by atoms with E-state index in [0.29, 0.717) is 28.4 Å². The maximum Gasteiger partial charge on any atom is 0.339 e. The second-order valence-electron chi connectivity index (χ2n) is 5.82. The number of rotatable bonds is 6. The van der Waals surface area contributed by atoms with Crippen LogP contribution in [0, 0.1) is 0 Å². The van der Waals surface area contributed by atoms with E-state index in [1.54, 1.807) is 61.7 Å². The third-order valence-electron chi connectivity index (χ3n) is 4.00. The van der Waals surface area contributed by atoms with E-state index in [9.17, 15) is 9.59 Å². The van der Waals surface area contributed by atoms with Gasteiger partial charge in [-0.05, 0) is 48.5 Å². The van der Waals surface area contributed by atoms with Gasteiger partial charge in [-0.2, -0.15) is 5.10 Å². The van der Waals surface area contributed by atoms with Crippen molar-refractivity contribution in [2.45, 2.75) is 0 Å². The van der Waals surface area contributed by atoms with Crippen LogP contribution < -0.4 is 10.2 Å². The first-order valence-electron chi connectivity index (χ1n) is 8.47. The van der Waals surface area contributed by atoms with Crippen LogP contribution >= 0.6 is 11.6 Å². The van der Waals surface area contributed by atoms with E-state index in [4.69, 9.17) is 20.8 Å². The predicted octanol–water partition coefficient (Wildman–Crippen LogP) is 4.16. The van der Waals surface area contributed by atoms with Crippen LogP contribution in [-0.2, 0) is 4.74 Å². The van der Waals surface area contributed by atoms with Crippen LogP contribution in [-0.4, -0.2) is 32.3 Å². The highest BCUT2D eigenvalue weighted by Crippen LogP contribution is 2.27. The lowest BCUT2D eigenvalue weighted by Gasteiger charge is -2.04. The Labute approximate surface area is 171 Å². The molecule has 0 atom stereocenters. The number of esters is 1. The minimum absolute atomic E-state index is 0.257. The summed E-state index contributed by atoms with van der Waals surface area (Å²) in [7, 11) is 2.84. The zero-order valence-corrected chi connectivity index (χ0v) is 16.4. The van der Waals surface area contributed by atoms with Crippen molar-refractivity contribution in [2.24, 2.45) is 5.10 Å². The minimum atomic E-state index is -0.513. The Morgan fingerprint density at radius 3 is 2.48 bits per heavy atom. The van der Waals surface area contributed by atoms with Crippen molar-refractivity contribution in [3.05, 3.63) is 76.5 Å². The quantitative estimate of drug-likeness (QED) is 0.373. The Hall–Kier alpha value is -3.58. The van der Waals surface area contributed by atoms with Crippen LogP contribution in [0.15, 0.2) is 64.1 Å². The Kier molecular flexibility index (Phi) is 6.31. The third kappa shape index (κ3) is 4.83. The van der Waals surface area contributed by atoms with E-state index in [1.807, 2.05) is 0 Å². The molecular formula is C21H17ClN2O5. The Morgan fingerprint density at radius 2 is 1.83 bits per heavy atom. The maximum absolute atomic E-state index is 12.1. The van der Waals surface area contributed by atoms with Crippen LogP contribution in [0.3, 0.4) is 0 Å². The number of benzene rings is 2. The van der Waals surface area contributed by atoms with Gasteiger partial charge in [-0.15, -0.1) is 0 Å². The first-order valence-corrected chi connectivity index (χ1v) is 8.85. The van der Waals surface area contributed by atoms with Crippen molar-refractivity contribution in [3.8, 4) is 17.1 Å². The van der Waals surface area contributed by atoms with Crippen LogP contribution in [0.2, 0.25) is 5.02 Å². The lowest BCUT2D eigenvalue weighted by Crippen LogP contribution is -2.17. The normalized spacial score (nSPS) is 10.7. The number of amides is 1. The highest BCUT2D eigenvalue weighted by atomic mass is 35.5. The van der Waals surface area contributed by atoms with Gasteiger partial charge in [-0.1, -0.05) is 17.7 Å². The molecule has 29 heavy (non-hydrogen) atoms. The number of methoxy groups -OCH3 is 2. The predicted molar refractivity (Wildman–Crippen MR) is 109 cm³/mol. The van der Waals surface area contributed by atoms with Crippen LogP contribution in [0.25, 0.3) is 11.3 Å². The molecule has 1 heterocycles. The van der Waals surface area contributed by atoms with Gasteiger partial charge in [-0.25, -0.2) is 10.2 Å². The molecule has 1 aromatic heterocycles. The lowest BCUT2D eigenvalue weighted by atomic mass is 10.1. The molecule has 0 spiro atoms. The van der Waals surface area contributed by atoms with Gasteiger partial charge >= 0.3 is 5.97 Å². The van der Waals surface area contributed by atoms with Gasteiger partial charge in [-0.3, -0.25) is 4.79 Å². The molecule has 0 fully saturated rings. The van der Waals surface area contributed by atoms with Gasteiger partial charge in [0.25, 0.3) is 5.91 Å². The molecule has 0 saturated carbocycles. The highest BCUT2D eigenvalue weighted by molar-refractivity contribution is 6.33. The number of hydrazone groups is 1. The van der Waals surface area contributed by atoms with Gasteiger partial charge in [0.2, 0.25) is 0 Å². The molecular weight excluding hydrogens is 396 g/mol. The average Bonchev–Trinajstić information content (AvgIpc) is 3.22. The smallest absolute Gasteiger partial charge is 0.339 e. The van der Waals surface area contributed by atoms with E-state index >= 15 is 0 Å². The molecule has 0 aliphatic carbocycles. The van der Waals surface area contributed by atoms with Crippen LogP contribution in [0.5, 0.6) is 5.75 Å². The van der Waals surface area contributed by atoms with E-state index in [2.05, 4.69) is 15.3 Å². The summed E-state index contributed by atoms with van der Waals surface area (Å²) in [6, 6.07) is 14.9. The first kappa shape index (κ1) is 20.2. The van der Waals surface area contributed by atoms with E-state index < -0.39 is 5.97 Å². The van der Waals surface area contributed by atoms with Gasteiger partial charge in [0.15, 0.2) is 0 Å². The van der Waals surface area contributed by atoms with Crippen molar-refractivity contribution < 1.29 is 23.5 Å². The van der Waals surface area contributed by atoms with E-state index in [1.165, 1.54) is 13.3 Å². The number of hydrogen-bond acceptors (Lipinski definition) is 6. The fourth-order valence-corrected chi connectivity index (χ4v) is 2.74. The topological polar surface area (TPSA) is 90.1 Å². The summed E-state index contributed by atoms with van der Waals surface area (Å²) in [4.78, 5) is 23.7. The molecule has 1 N–H and O–H groups in total. The number of hydrogen-bond donors (Lipinski definition) is 1. The molecule has 0 aliphatic heterocycles. The number of ether oxygens (including phenoxy) is 2. The van der Waals surface area contributed by atoms with Gasteiger partial charge in [0.05, 0.1) is 31.0 Å². The van der Waals surface area contributed by atoms with E-state index in [-0.39, 0.29) is 16.5 Å². The van der Waals surface area contributed by atoms with Crippen LogP contribution in [0.1, 0.15) is 26.5 Å². The second-order valence-corrected chi connectivity index (χ2v) is 6.22. The summed E-state index contributed by atoms with van der Waals surface area (Å²) in [6.07, 6.45) is 1.38. The fraction of sp³-hybridized carbons (Fsp3) is 0.0952. The molecule has 0 radical (unpaired) electrons. The summed E-state index contributed by atoms with van der Waals surface area (Å²) < 4.78 is 15.4. The van der Waals surface area contributed by atoms with Crippen molar-refractivity contribution in [1.82, 2.24) is 5.43 Å². The number of carbonyl (C=O) groups is 2. The molecule has 2 aromatic carbocycles. The van der Waals surface area contributed by atoms with Gasteiger partial charge in [0.1, 0.15) is 17.3 Å². The fourth-order valence-electron chi connectivity index (χ4n) is 2.48.